The molecule has 0 bridgehead atoms. The number of aromatic nitrogens is 2. The zero-order valence-corrected chi connectivity index (χ0v) is 7.07. The van der Waals surface area contributed by atoms with Gasteiger partial charge in [-0.2, -0.15) is 5.10 Å². The van der Waals surface area contributed by atoms with E-state index < -0.39 is 5.97 Å². The number of carbonyl (C=O) groups is 1. The lowest BCUT2D eigenvalue weighted by atomic mass is 10.3. The van der Waals surface area contributed by atoms with Crippen LogP contribution in [0, 0.1) is 0 Å². The molecule has 0 saturated carbocycles. The monoisotopic (exact) mass is 166 g/mol. The molecule has 64 valence electrons. The van der Waals surface area contributed by atoms with Crippen LogP contribution in [-0.4, -0.2) is 23.3 Å². The van der Waals surface area contributed by atoms with E-state index in [1.54, 1.807) is 12.1 Å². The van der Waals surface area contributed by atoms with Crippen molar-refractivity contribution >= 4 is 5.97 Å². The number of rotatable bonds is 2. The molecule has 1 aromatic heterocycles. The molecule has 0 spiro atoms. The molecule has 1 heterocycles. The highest BCUT2D eigenvalue weighted by atomic mass is 16.5. The molecule has 4 nitrogen and oxygen atoms in total. The van der Waals surface area contributed by atoms with Gasteiger partial charge in [-0.15, -0.1) is 5.10 Å². The van der Waals surface area contributed by atoms with Gasteiger partial charge in [-0.3, -0.25) is 0 Å². The maximum Gasteiger partial charge on any atom is 0.358 e. The lowest BCUT2D eigenvalue weighted by Gasteiger charge is -1.97. The second-order valence-electron chi connectivity index (χ2n) is 2.26. The Kier molecular flexibility index (Phi) is 2.74. The molecular formula is C8H10N2O2. The second kappa shape index (κ2) is 3.80. The number of hydrogen-bond acceptors (Lipinski definition) is 4. The molecular weight excluding hydrogens is 156 g/mol. The van der Waals surface area contributed by atoms with E-state index in [1.807, 2.05) is 6.92 Å². The van der Waals surface area contributed by atoms with E-state index in [1.165, 1.54) is 7.11 Å². The fourth-order valence-corrected chi connectivity index (χ4v) is 0.762. The maximum atomic E-state index is 10.9. The maximum absolute atomic E-state index is 10.9. The van der Waals surface area contributed by atoms with Crippen molar-refractivity contribution in [3.05, 3.63) is 23.5 Å². The Labute approximate surface area is 70.6 Å². The lowest BCUT2D eigenvalue weighted by Crippen LogP contribution is -2.06. The molecule has 4 heteroatoms. The third-order valence-electron chi connectivity index (χ3n) is 1.48. The third kappa shape index (κ3) is 1.78. The highest BCUT2D eigenvalue weighted by molar-refractivity contribution is 5.86. The van der Waals surface area contributed by atoms with Gasteiger partial charge in [-0.25, -0.2) is 4.79 Å². The molecule has 0 amide bonds. The van der Waals surface area contributed by atoms with Gasteiger partial charge in [0, 0.05) is 0 Å². The molecule has 0 fully saturated rings. The first-order valence-corrected chi connectivity index (χ1v) is 3.69. The molecule has 0 atom stereocenters. The summed E-state index contributed by atoms with van der Waals surface area (Å²) in [5.41, 5.74) is 1.11. The van der Waals surface area contributed by atoms with Gasteiger partial charge in [0.05, 0.1) is 12.8 Å². The number of aryl methyl sites for hydroxylation is 1. The number of esters is 1. The second-order valence-corrected chi connectivity index (χ2v) is 2.26. The molecule has 1 aromatic rings. The van der Waals surface area contributed by atoms with E-state index in [0.29, 0.717) is 0 Å². The largest absolute Gasteiger partial charge is 0.464 e. The van der Waals surface area contributed by atoms with E-state index in [-0.39, 0.29) is 5.69 Å². The molecule has 0 aromatic carbocycles. The van der Waals surface area contributed by atoms with Crippen molar-refractivity contribution in [1.29, 1.82) is 0 Å². The van der Waals surface area contributed by atoms with Gasteiger partial charge >= 0.3 is 5.97 Å². The third-order valence-corrected chi connectivity index (χ3v) is 1.48. The summed E-state index contributed by atoms with van der Waals surface area (Å²) < 4.78 is 4.47. The van der Waals surface area contributed by atoms with Crippen molar-refractivity contribution in [1.82, 2.24) is 10.2 Å². The van der Waals surface area contributed by atoms with Crippen LogP contribution in [0.25, 0.3) is 0 Å². The minimum atomic E-state index is -0.454. The Hall–Kier alpha value is -1.45. The summed E-state index contributed by atoms with van der Waals surface area (Å²) in [4.78, 5) is 10.9. The van der Waals surface area contributed by atoms with Crippen molar-refractivity contribution in [2.45, 2.75) is 13.3 Å². The van der Waals surface area contributed by atoms with Crippen LogP contribution in [0.3, 0.4) is 0 Å². The standard InChI is InChI=1S/C8H10N2O2/c1-3-6-4-5-7(10-9-6)8(11)12-2/h4-5H,3H2,1-2H3. The van der Waals surface area contributed by atoms with Crippen LogP contribution < -0.4 is 0 Å². The molecule has 0 unspecified atom stereocenters. The summed E-state index contributed by atoms with van der Waals surface area (Å²) in [7, 11) is 1.32. The van der Waals surface area contributed by atoms with Crippen molar-refractivity contribution in [2.24, 2.45) is 0 Å². The van der Waals surface area contributed by atoms with E-state index >= 15 is 0 Å². The summed E-state index contributed by atoms with van der Waals surface area (Å²) >= 11 is 0. The van der Waals surface area contributed by atoms with E-state index in [9.17, 15) is 4.79 Å². The Balaban J connectivity index is 2.84. The van der Waals surface area contributed by atoms with E-state index in [0.717, 1.165) is 12.1 Å². The highest BCUT2D eigenvalue weighted by Gasteiger charge is 2.06. The predicted molar refractivity (Wildman–Crippen MR) is 42.7 cm³/mol. The van der Waals surface area contributed by atoms with E-state index in [4.69, 9.17) is 0 Å². The molecule has 0 aliphatic heterocycles. The zero-order chi connectivity index (χ0) is 8.97. The smallest absolute Gasteiger partial charge is 0.358 e. The molecule has 0 N–H and O–H groups in total. The Morgan fingerprint density at radius 3 is 2.67 bits per heavy atom. The summed E-state index contributed by atoms with van der Waals surface area (Å²) in [6.45, 7) is 1.97. The minimum absolute atomic E-state index is 0.245. The van der Waals surface area contributed by atoms with Gasteiger partial charge in [0.15, 0.2) is 5.69 Å². The lowest BCUT2D eigenvalue weighted by molar-refractivity contribution is 0.0592. The molecule has 12 heavy (non-hydrogen) atoms. The zero-order valence-electron chi connectivity index (χ0n) is 7.07. The summed E-state index contributed by atoms with van der Waals surface area (Å²) in [5.74, 6) is -0.454. The minimum Gasteiger partial charge on any atom is -0.464 e. The first-order valence-electron chi connectivity index (χ1n) is 3.69. The normalized spacial score (nSPS) is 9.50. The Morgan fingerprint density at radius 1 is 1.50 bits per heavy atom. The topological polar surface area (TPSA) is 52.1 Å². The Bertz CT molecular complexity index is 269. The molecule has 0 radical (unpaired) electrons. The average molecular weight is 166 g/mol. The average Bonchev–Trinajstić information content (AvgIpc) is 2.17. The molecule has 0 saturated heterocycles. The number of nitrogens with zero attached hydrogens (tertiary/aromatic N) is 2. The summed E-state index contributed by atoms with van der Waals surface area (Å²) in [5, 5.41) is 7.51. The summed E-state index contributed by atoms with van der Waals surface area (Å²) in [6.07, 6.45) is 0.814. The van der Waals surface area contributed by atoms with Crippen molar-refractivity contribution in [3.8, 4) is 0 Å². The van der Waals surface area contributed by atoms with Crippen molar-refractivity contribution in [3.63, 3.8) is 0 Å². The van der Waals surface area contributed by atoms with Crippen molar-refractivity contribution in [2.75, 3.05) is 7.11 Å². The van der Waals surface area contributed by atoms with Crippen LogP contribution in [0.2, 0.25) is 0 Å². The fourth-order valence-electron chi connectivity index (χ4n) is 0.762. The van der Waals surface area contributed by atoms with Crippen LogP contribution in [0.4, 0.5) is 0 Å². The number of hydrogen-bond donors (Lipinski definition) is 0. The number of carbonyl (C=O) groups excluding carboxylic acids is 1. The SMILES string of the molecule is CCc1ccc(C(=O)OC)nn1. The van der Waals surface area contributed by atoms with E-state index in [2.05, 4.69) is 14.9 Å². The van der Waals surface area contributed by atoms with Crippen molar-refractivity contribution < 1.29 is 9.53 Å². The van der Waals surface area contributed by atoms with Crippen LogP contribution in [0.1, 0.15) is 23.1 Å². The fraction of sp³-hybridized carbons (Fsp3) is 0.375. The van der Waals surface area contributed by atoms with Gasteiger partial charge in [0.25, 0.3) is 0 Å². The van der Waals surface area contributed by atoms with Crippen LogP contribution in [0.15, 0.2) is 12.1 Å². The van der Waals surface area contributed by atoms with Gasteiger partial charge in [0.2, 0.25) is 0 Å². The summed E-state index contributed by atoms with van der Waals surface area (Å²) in [6, 6.07) is 3.37. The molecule has 1 rings (SSSR count). The van der Waals surface area contributed by atoms with Gasteiger partial charge in [-0.1, -0.05) is 6.92 Å². The van der Waals surface area contributed by atoms with Gasteiger partial charge in [0.1, 0.15) is 0 Å². The first kappa shape index (κ1) is 8.64. The van der Waals surface area contributed by atoms with Crippen LogP contribution >= 0.6 is 0 Å². The van der Waals surface area contributed by atoms with Crippen LogP contribution in [-0.2, 0) is 11.2 Å². The number of methoxy groups -OCH3 is 1. The van der Waals surface area contributed by atoms with Gasteiger partial charge in [-0.05, 0) is 18.6 Å². The predicted octanol–water partition coefficient (Wildman–Crippen LogP) is 0.826. The van der Waals surface area contributed by atoms with Crippen LogP contribution in [0.5, 0.6) is 0 Å². The first-order chi connectivity index (χ1) is 5.77. The van der Waals surface area contributed by atoms with Gasteiger partial charge < -0.3 is 4.74 Å². The Morgan fingerprint density at radius 2 is 2.25 bits per heavy atom. The molecule has 0 aliphatic carbocycles. The quantitative estimate of drug-likeness (QED) is 0.610. The molecule has 0 aliphatic rings. The highest BCUT2D eigenvalue weighted by Crippen LogP contribution is 1.98. The number of ether oxygens (including phenoxy) is 1.